The number of methoxy groups -OCH3 is 2. The third-order valence-electron chi connectivity index (χ3n) is 9.59. The molecule has 2 amide bonds. The average Bonchev–Trinajstić information content (AvgIpc) is 3.80. The second kappa shape index (κ2) is 14.0. The van der Waals surface area contributed by atoms with Gasteiger partial charge in [-0.15, -0.1) is 11.3 Å². The zero-order valence-corrected chi connectivity index (χ0v) is 26.4. The molecule has 1 N–H and O–H groups in total. The second-order valence-electron chi connectivity index (χ2n) is 12.2. The van der Waals surface area contributed by atoms with Crippen molar-refractivity contribution in [3.63, 3.8) is 0 Å². The lowest BCUT2D eigenvalue weighted by molar-refractivity contribution is -0.139. The van der Waals surface area contributed by atoms with Crippen molar-refractivity contribution in [1.29, 1.82) is 0 Å². The molecule has 2 aromatic rings. The maximum atomic E-state index is 14.0. The minimum Gasteiger partial charge on any atom is -0.383 e. The Bertz CT molecular complexity index is 1310. The molecular formula is C32H43N5O6S. The summed E-state index contributed by atoms with van der Waals surface area (Å²) in [7, 11) is 3.31. The van der Waals surface area contributed by atoms with Crippen LogP contribution in [0.1, 0.15) is 42.5 Å². The lowest BCUT2D eigenvalue weighted by atomic mass is 9.83. The molecule has 1 aromatic heterocycles. The van der Waals surface area contributed by atoms with Gasteiger partial charge in [-0.1, -0.05) is 31.4 Å². The molecule has 238 valence electrons. The molecule has 0 radical (unpaired) electrons. The van der Waals surface area contributed by atoms with Crippen LogP contribution in [0.5, 0.6) is 0 Å². The Morgan fingerprint density at radius 2 is 1.84 bits per heavy atom. The Balaban J connectivity index is 1.12. The number of likely N-dealkylation sites (tertiary alicyclic amines) is 1. The number of thiazole rings is 1. The van der Waals surface area contributed by atoms with Crippen molar-refractivity contribution in [3.05, 3.63) is 35.2 Å². The van der Waals surface area contributed by atoms with E-state index in [0.717, 1.165) is 87.8 Å². The van der Waals surface area contributed by atoms with Gasteiger partial charge in [-0.05, 0) is 30.9 Å². The number of fused-ring (bicyclic) bond motifs is 1. The van der Waals surface area contributed by atoms with E-state index in [4.69, 9.17) is 19.2 Å². The highest BCUT2D eigenvalue weighted by atomic mass is 32.1. The number of carbonyl (C=O) groups excluding carboxylic acids is 3. The predicted octanol–water partition coefficient (Wildman–Crippen LogP) is 2.45. The molecule has 44 heavy (non-hydrogen) atoms. The molecule has 3 aliphatic heterocycles. The van der Waals surface area contributed by atoms with Gasteiger partial charge < -0.3 is 29.3 Å². The first-order valence-corrected chi connectivity index (χ1v) is 16.7. The molecule has 11 nitrogen and oxygen atoms in total. The van der Waals surface area contributed by atoms with Gasteiger partial charge in [-0.2, -0.15) is 0 Å². The van der Waals surface area contributed by atoms with Crippen molar-refractivity contribution in [2.75, 3.05) is 71.6 Å². The fraction of sp³-hybridized carbons (Fsp3) is 0.625. The lowest BCUT2D eigenvalue weighted by Gasteiger charge is -2.34. The minimum atomic E-state index is -0.705. The highest BCUT2D eigenvalue weighted by Gasteiger charge is 2.54. The number of ether oxygens (including phenoxy) is 3. The van der Waals surface area contributed by atoms with Crippen LogP contribution < -0.4 is 10.2 Å². The van der Waals surface area contributed by atoms with Gasteiger partial charge in [0.25, 0.3) is 5.91 Å². The Morgan fingerprint density at radius 1 is 1.09 bits per heavy atom. The van der Waals surface area contributed by atoms with E-state index >= 15 is 0 Å². The number of ketones is 1. The summed E-state index contributed by atoms with van der Waals surface area (Å²) < 4.78 is 16.4. The van der Waals surface area contributed by atoms with Crippen molar-refractivity contribution < 1.29 is 28.6 Å². The van der Waals surface area contributed by atoms with E-state index in [1.54, 1.807) is 42.6 Å². The van der Waals surface area contributed by atoms with Crippen molar-refractivity contribution >= 4 is 34.1 Å². The van der Waals surface area contributed by atoms with Gasteiger partial charge in [-0.3, -0.25) is 19.3 Å². The molecule has 3 saturated heterocycles. The smallest absolute Gasteiger partial charge is 0.251 e. The number of aromatic nitrogens is 1. The fourth-order valence-electron chi connectivity index (χ4n) is 7.02. The Morgan fingerprint density at radius 3 is 2.55 bits per heavy atom. The molecule has 4 heterocycles. The van der Waals surface area contributed by atoms with Gasteiger partial charge in [0.2, 0.25) is 5.91 Å². The number of Topliss-reactive ketones (excluding diaryl/α,β-unsaturated/α-hetero) is 1. The van der Waals surface area contributed by atoms with E-state index in [1.165, 1.54) is 0 Å². The Labute approximate surface area is 262 Å². The highest BCUT2D eigenvalue weighted by molar-refractivity contribution is 7.14. The Hall–Kier alpha value is -2.90. The molecule has 4 fully saturated rings. The first kappa shape index (κ1) is 31.1. The topological polar surface area (TPSA) is 114 Å². The molecule has 0 spiro atoms. The number of carbonyl (C=O) groups is 3. The molecule has 4 atom stereocenters. The van der Waals surface area contributed by atoms with Gasteiger partial charge in [0.05, 0.1) is 18.8 Å². The quantitative estimate of drug-likeness (QED) is 0.426. The van der Waals surface area contributed by atoms with Crippen LogP contribution in [0.25, 0.3) is 11.3 Å². The zero-order chi connectivity index (χ0) is 30.6. The molecule has 0 unspecified atom stereocenters. The van der Waals surface area contributed by atoms with E-state index in [1.807, 2.05) is 12.1 Å². The number of hydrogen-bond donors (Lipinski definition) is 1. The SMILES string of the molecule is COCCN1CCN(c2nc(-c3ccc(C(=O)N[C@H](C(=O)N4C[C@H](OC)[C@H]5OCC(=O)[C@H]54)C4CCCCC4)cc3)cs2)CC1. The maximum absolute atomic E-state index is 14.0. The lowest BCUT2D eigenvalue weighted by Crippen LogP contribution is -2.55. The van der Waals surface area contributed by atoms with Crippen LogP contribution >= 0.6 is 11.3 Å². The Kier molecular flexibility index (Phi) is 9.92. The van der Waals surface area contributed by atoms with Gasteiger partial charge in [0, 0.05) is 63.5 Å². The largest absolute Gasteiger partial charge is 0.383 e. The summed E-state index contributed by atoms with van der Waals surface area (Å²) in [6.07, 6.45) is 4.09. The van der Waals surface area contributed by atoms with Gasteiger partial charge in [-0.25, -0.2) is 4.98 Å². The molecular weight excluding hydrogens is 582 g/mol. The molecule has 12 heteroatoms. The van der Waals surface area contributed by atoms with E-state index in [9.17, 15) is 14.4 Å². The van der Waals surface area contributed by atoms with Crippen molar-refractivity contribution in [2.45, 2.75) is 56.4 Å². The van der Waals surface area contributed by atoms with Crippen molar-refractivity contribution in [2.24, 2.45) is 5.92 Å². The zero-order valence-electron chi connectivity index (χ0n) is 25.6. The maximum Gasteiger partial charge on any atom is 0.251 e. The van der Waals surface area contributed by atoms with E-state index in [-0.39, 0.29) is 42.8 Å². The summed E-state index contributed by atoms with van der Waals surface area (Å²) in [4.78, 5) is 51.5. The minimum absolute atomic E-state index is 0.0161. The van der Waals surface area contributed by atoms with Crippen LogP contribution in [0.4, 0.5) is 5.13 Å². The highest BCUT2D eigenvalue weighted by Crippen LogP contribution is 2.33. The number of rotatable bonds is 10. The molecule has 1 aliphatic carbocycles. The molecule has 1 saturated carbocycles. The normalized spacial score (nSPS) is 25.3. The first-order chi connectivity index (χ1) is 21.5. The van der Waals surface area contributed by atoms with Crippen LogP contribution in [0, 0.1) is 5.92 Å². The van der Waals surface area contributed by atoms with Crippen LogP contribution in [0.2, 0.25) is 0 Å². The number of anilines is 1. The molecule has 4 aliphatic rings. The number of nitrogens with zero attached hydrogens (tertiary/aromatic N) is 4. The van der Waals surface area contributed by atoms with Crippen molar-refractivity contribution in [3.8, 4) is 11.3 Å². The monoisotopic (exact) mass is 625 g/mol. The number of hydrogen-bond acceptors (Lipinski definition) is 10. The standard InChI is InChI=1S/C32H43N5O6S/c1-41-17-16-35-12-14-36(15-13-35)32-33-24(20-44-32)21-8-10-23(11-9-21)30(39)34-27(22-6-4-3-5-7-22)31(40)37-18-26(42-2)29-28(37)25(38)19-43-29/h8-11,20,22,26-29H,3-7,12-19H2,1-2H3,(H,34,39)/t26-,27-,28+,29+/m0/s1. The molecule has 0 bridgehead atoms. The van der Waals surface area contributed by atoms with Crippen LogP contribution in [-0.2, 0) is 23.8 Å². The number of benzene rings is 1. The first-order valence-electron chi connectivity index (χ1n) is 15.8. The fourth-order valence-corrected chi connectivity index (χ4v) is 7.91. The summed E-state index contributed by atoms with van der Waals surface area (Å²) in [6.45, 7) is 5.81. The third kappa shape index (κ3) is 6.55. The van der Waals surface area contributed by atoms with Gasteiger partial charge in [0.15, 0.2) is 10.9 Å². The van der Waals surface area contributed by atoms with Gasteiger partial charge in [0.1, 0.15) is 30.9 Å². The number of amides is 2. The third-order valence-corrected chi connectivity index (χ3v) is 10.5. The molecule has 6 rings (SSSR count). The van der Waals surface area contributed by atoms with E-state index in [2.05, 4.69) is 20.5 Å². The van der Waals surface area contributed by atoms with Crippen LogP contribution in [-0.4, -0.2) is 123 Å². The van der Waals surface area contributed by atoms with Crippen molar-refractivity contribution in [1.82, 2.24) is 20.1 Å². The number of nitrogens with one attached hydrogen (secondary N) is 1. The van der Waals surface area contributed by atoms with E-state index < -0.39 is 18.2 Å². The summed E-state index contributed by atoms with van der Waals surface area (Å²) in [6, 6.07) is 6.05. The average molecular weight is 626 g/mol. The van der Waals surface area contributed by atoms with Gasteiger partial charge >= 0.3 is 0 Å². The number of piperazine rings is 1. The summed E-state index contributed by atoms with van der Waals surface area (Å²) in [5, 5.41) is 6.14. The summed E-state index contributed by atoms with van der Waals surface area (Å²) in [5.74, 6) is -0.599. The summed E-state index contributed by atoms with van der Waals surface area (Å²) >= 11 is 1.64. The molecule has 1 aromatic carbocycles. The van der Waals surface area contributed by atoms with E-state index in [0.29, 0.717) is 5.56 Å². The van der Waals surface area contributed by atoms with Crippen LogP contribution in [0.3, 0.4) is 0 Å². The summed E-state index contributed by atoms with van der Waals surface area (Å²) in [5.41, 5.74) is 2.31. The predicted molar refractivity (Wildman–Crippen MR) is 167 cm³/mol. The van der Waals surface area contributed by atoms with Crippen LogP contribution in [0.15, 0.2) is 29.6 Å². The second-order valence-corrected chi connectivity index (χ2v) is 13.1.